The number of ether oxygens (including phenoxy) is 3. The number of aryl methyl sites for hydroxylation is 1. The van der Waals surface area contributed by atoms with E-state index in [1.807, 2.05) is 19.1 Å². The standard InChI is InChI=1S/C26H22BrClN2O4/c1-16-4-7-20(13-22(16)28)30-26(31)15-34-23-8-5-17(11-21(23)27)10-19(14-29)18-6-9-24(32-2)25(12-18)33-3/h4-13H,15H2,1-3H3,(H,30,31)/b19-10+. The van der Waals surface area contributed by atoms with E-state index in [0.717, 1.165) is 11.1 Å². The van der Waals surface area contributed by atoms with Gasteiger partial charge in [-0.3, -0.25) is 4.79 Å². The molecule has 0 saturated carbocycles. The lowest BCUT2D eigenvalue weighted by Crippen LogP contribution is -2.20. The van der Waals surface area contributed by atoms with Crippen molar-refractivity contribution in [2.75, 3.05) is 26.1 Å². The molecule has 174 valence electrons. The van der Waals surface area contributed by atoms with Crippen molar-refractivity contribution < 1.29 is 19.0 Å². The molecular weight excluding hydrogens is 520 g/mol. The summed E-state index contributed by atoms with van der Waals surface area (Å²) in [5.74, 6) is 1.31. The number of halogens is 2. The van der Waals surface area contributed by atoms with E-state index in [9.17, 15) is 10.1 Å². The second-order valence-corrected chi connectivity index (χ2v) is 8.49. The highest BCUT2D eigenvalue weighted by Gasteiger charge is 2.10. The smallest absolute Gasteiger partial charge is 0.262 e. The fourth-order valence-corrected chi connectivity index (χ4v) is 3.78. The average molecular weight is 542 g/mol. The summed E-state index contributed by atoms with van der Waals surface area (Å²) in [4.78, 5) is 12.2. The monoisotopic (exact) mass is 540 g/mol. The van der Waals surface area contributed by atoms with Crippen molar-refractivity contribution in [1.82, 2.24) is 0 Å². The van der Waals surface area contributed by atoms with Crippen molar-refractivity contribution in [3.05, 3.63) is 80.8 Å². The Morgan fingerprint density at radius 1 is 1.06 bits per heavy atom. The summed E-state index contributed by atoms with van der Waals surface area (Å²) in [7, 11) is 3.10. The molecule has 3 aromatic rings. The minimum Gasteiger partial charge on any atom is -0.493 e. The third kappa shape index (κ3) is 6.31. The van der Waals surface area contributed by atoms with Gasteiger partial charge in [-0.05, 0) is 88.1 Å². The van der Waals surface area contributed by atoms with Crippen LogP contribution in [0, 0.1) is 18.3 Å². The Bertz CT molecular complexity index is 1280. The van der Waals surface area contributed by atoms with Crippen LogP contribution in [0.3, 0.4) is 0 Å². The molecule has 0 spiro atoms. The Kier molecular flexibility index (Phi) is 8.58. The van der Waals surface area contributed by atoms with Gasteiger partial charge in [0, 0.05) is 10.7 Å². The summed E-state index contributed by atoms with van der Waals surface area (Å²) in [6.45, 7) is 1.72. The van der Waals surface area contributed by atoms with Crippen molar-refractivity contribution >= 4 is 50.8 Å². The number of methoxy groups -OCH3 is 2. The summed E-state index contributed by atoms with van der Waals surface area (Å²) < 4.78 is 16.9. The maximum atomic E-state index is 12.2. The molecule has 34 heavy (non-hydrogen) atoms. The molecule has 3 rings (SSSR count). The molecule has 1 amide bonds. The minimum absolute atomic E-state index is 0.172. The van der Waals surface area contributed by atoms with Gasteiger partial charge >= 0.3 is 0 Å². The van der Waals surface area contributed by atoms with Gasteiger partial charge < -0.3 is 19.5 Å². The van der Waals surface area contributed by atoms with E-state index in [-0.39, 0.29) is 12.5 Å². The van der Waals surface area contributed by atoms with Crippen LogP contribution in [0.2, 0.25) is 5.02 Å². The van der Waals surface area contributed by atoms with E-state index in [2.05, 4.69) is 27.3 Å². The lowest BCUT2D eigenvalue weighted by atomic mass is 10.0. The highest BCUT2D eigenvalue weighted by molar-refractivity contribution is 9.10. The van der Waals surface area contributed by atoms with E-state index < -0.39 is 0 Å². The average Bonchev–Trinajstić information content (AvgIpc) is 2.83. The zero-order valence-corrected chi connectivity index (χ0v) is 21.2. The number of hydrogen-bond acceptors (Lipinski definition) is 5. The molecule has 0 aliphatic rings. The van der Waals surface area contributed by atoms with Crippen LogP contribution in [0.4, 0.5) is 5.69 Å². The fourth-order valence-electron chi connectivity index (χ4n) is 3.09. The van der Waals surface area contributed by atoms with Crippen molar-refractivity contribution in [2.45, 2.75) is 6.92 Å². The summed E-state index contributed by atoms with van der Waals surface area (Å²) in [5.41, 5.74) is 3.47. The number of hydrogen-bond donors (Lipinski definition) is 1. The zero-order chi connectivity index (χ0) is 24.7. The summed E-state index contributed by atoms with van der Waals surface area (Å²) in [6, 6.07) is 18.2. The van der Waals surface area contributed by atoms with Gasteiger partial charge in [0.05, 0.1) is 30.3 Å². The highest BCUT2D eigenvalue weighted by Crippen LogP contribution is 2.32. The van der Waals surface area contributed by atoms with Crippen LogP contribution >= 0.6 is 27.5 Å². The van der Waals surface area contributed by atoms with Gasteiger partial charge in [0.25, 0.3) is 5.91 Å². The first-order valence-electron chi connectivity index (χ1n) is 10.2. The number of amides is 1. The lowest BCUT2D eigenvalue weighted by molar-refractivity contribution is -0.118. The number of rotatable bonds is 8. The molecule has 1 N–H and O–H groups in total. The number of carbonyl (C=O) groups excluding carboxylic acids is 1. The maximum Gasteiger partial charge on any atom is 0.262 e. The van der Waals surface area contributed by atoms with E-state index >= 15 is 0 Å². The van der Waals surface area contributed by atoms with Gasteiger partial charge in [0.15, 0.2) is 18.1 Å². The predicted molar refractivity (Wildman–Crippen MR) is 137 cm³/mol. The topological polar surface area (TPSA) is 80.6 Å². The molecule has 0 atom stereocenters. The van der Waals surface area contributed by atoms with E-state index in [4.69, 9.17) is 25.8 Å². The second-order valence-electron chi connectivity index (χ2n) is 7.23. The quantitative estimate of drug-likeness (QED) is 0.260. The van der Waals surface area contributed by atoms with Crippen LogP contribution in [0.1, 0.15) is 16.7 Å². The first-order chi connectivity index (χ1) is 16.3. The molecule has 0 heterocycles. The van der Waals surface area contributed by atoms with Crippen LogP contribution in [-0.4, -0.2) is 26.7 Å². The Morgan fingerprint density at radius 3 is 2.44 bits per heavy atom. The molecule has 6 nitrogen and oxygen atoms in total. The Morgan fingerprint density at radius 2 is 1.79 bits per heavy atom. The molecule has 8 heteroatoms. The Labute approximate surface area is 211 Å². The van der Waals surface area contributed by atoms with Gasteiger partial charge in [-0.1, -0.05) is 23.7 Å². The Balaban J connectivity index is 1.70. The van der Waals surface area contributed by atoms with Gasteiger partial charge in [0.2, 0.25) is 0 Å². The van der Waals surface area contributed by atoms with Gasteiger partial charge in [0.1, 0.15) is 5.75 Å². The fraction of sp³-hybridized carbons (Fsp3) is 0.154. The molecule has 0 bridgehead atoms. The zero-order valence-electron chi connectivity index (χ0n) is 18.8. The van der Waals surface area contributed by atoms with E-state index in [0.29, 0.717) is 43.6 Å². The molecule has 0 aromatic heterocycles. The van der Waals surface area contributed by atoms with Crippen LogP contribution in [0.25, 0.3) is 11.6 Å². The SMILES string of the molecule is COc1ccc(/C(C#N)=C/c2ccc(OCC(=O)Nc3ccc(C)c(Cl)c3)c(Br)c2)cc1OC. The number of allylic oxidation sites excluding steroid dienone is 1. The first-order valence-corrected chi connectivity index (χ1v) is 11.3. The number of nitriles is 1. The van der Waals surface area contributed by atoms with Crippen LogP contribution in [0.5, 0.6) is 17.2 Å². The van der Waals surface area contributed by atoms with Gasteiger partial charge in [-0.2, -0.15) is 5.26 Å². The first kappa shape index (κ1) is 25.2. The summed E-state index contributed by atoms with van der Waals surface area (Å²) >= 11 is 9.56. The second kappa shape index (κ2) is 11.6. The van der Waals surface area contributed by atoms with Crippen LogP contribution in [0.15, 0.2) is 59.1 Å². The normalized spacial score (nSPS) is 10.9. The van der Waals surface area contributed by atoms with Crippen molar-refractivity contribution in [1.29, 1.82) is 5.26 Å². The third-order valence-electron chi connectivity index (χ3n) is 4.90. The van der Waals surface area contributed by atoms with E-state index in [1.54, 1.807) is 62.8 Å². The molecule has 0 aliphatic carbocycles. The van der Waals surface area contributed by atoms with Crippen molar-refractivity contribution in [2.24, 2.45) is 0 Å². The molecule has 0 radical (unpaired) electrons. The largest absolute Gasteiger partial charge is 0.493 e. The summed E-state index contributed by atoms with van der Waals surface area (Å²) in [5, 5.41) is 13.0. The minimum atomic E-state index is -0.309. The highest BCUT2D eigenvalue weighted by atomic mass is 79.9. The lowest BCUT2D eigenvalue weighted by Gasteiger charge is -2.11. The third-order valence-corrected chi connectivity index (χ3v) is 5.92. The Hall–Kier alpha value is -3.47. The predicted octanol–water partition coefficient (Wildman–Crippen LogP) is 6.51. The molecule has 0 fully saturated rings. The molecule has 0 unspecified atom stereocenters. The van der Waals surface area contributed by atoms with E-state index in [1.165, 1.54) is 0 Å². The summed E-state index contributed by atoms with van der Waals surface area (Å²) in [6.07, 6.45) is 1.75. The number of nitrogens with one attached hydrogen (secondary N) is 1. The number of nitrogens with zero attached hydrogens (tertiary/aromatic N) is 1. The molecule has 0 aliphatic heterocycles. The molecular formula is C26H22BrClN2O4. The van der Waals surface area contributed by atoms with Crippen molar-refractivity contribution in [3.63, 3.8) is 0 Å². The molecule has 0 saturated heterocycles. The maximum absolute atomic E-state index is 12.2. The number of carbonyl (C=O) groups is 1. The van der Waals surface area contributed by atoms with Gasteiger partial charge in [-0.25, -0.2) is 0 Å². The number of anilines is 1. The van der Waals surface area contributed by atoms with Crippen molar-refractivity contribution in [3.8, 4) is 23.3 Å². The van der Waals surface area contributed by atoms with Gasteiger partial charge in [-0.15, -0.1) is 0 Å². The van der Waals surface area contributed by atoms with Crippen LogP contribution in [-0.2, 0) is 4.79 Å². The van der Waals surface area contributed by atoms with Crippen LogP contribution < -0.4 is 19.5 Å². The number of benzene rings is 3. The molecule has 3 aromatic carbocycles.